The van der Waals surface area contributed by atoms with Gasteiger partial charge in [-0.1, -0.05) is 0 Å². The summed E-state index contributed by atoms with van der Waals surface area (Å²) in [5.41, 5.74) is 0. The molecule has 2 N–H and O–H groups in total. The van der Waals surface area contributed by atoms with E-state index in [1.165, 1.54) is 17.9 Å². The van der Waals surface area contributed by atoms with E-state index in [0.717, 1.165) is 18.9 Å². The van der Waals surface area contributed by atoms with Crippen molar-refractivity contribution < 1.29 is 5.11 Å². The van der Waals surface area contributed by atoms with Gasteiger partial charge in [0, 0.05) is 24.4 Å². The number of nitrogens with one attached hydrogen (secondary N) is 1. The first-order valence-electron chi connectivity index (χ1n) is 4.77. The van der Waals surface area contributed by atoms with Gasteiger partial charge in [-0.15, -0.1) is 0 Å². The molecule has 1 aliphatic rings. The molecule has 0 aromatic heterocycles. The number of rotatable bonds is 5. The highest BCUT2D eigenvalue weighted by molar-refractivity contribution is 7.99. The van der Waals surface area contributed by atoms with Gasteiger partial charge in [0.15, 0.2) is 0 Å². The lowest BCUT2D eigenvalue weighted by atomic mass is 10.1. The maximum atomic E-state index is 8.64. The van der Waals surface area contributed by atoms with Crippen molar-refractivity contribution in [2.24, 2.45) is 0 Å². The smallest absolute Gasteiger partial charge is 0.0431 e. The lowest BCUT2D eigenvalue weighted by Crippen LogP contribution is -2.36. The van der Waals surface area contributed by atoms with Crippen LogP contribution in [0.1, 0.15) is 26.2 Å². The SMILES string of the molecule is C[C@H](CCCO)N[C@@H]1CCSC1. The summed E-state index contributed by atoms with van der Waals surface area (Å²) in [6.07, 6.45) is 3.33. The minimum Gasteiger partial charge on any atom is -0.396 e. The number of hydrogen-bond acceptors (Lipinski definition) is 3. The Labute approximate surface area is 79.1 Å². The maximum absolute atomic E-state index is 8.64. The third-order valence-corrected chi connectivity index (χ3v) is 3.41. The highest BCUT2D eigenvalue weighted by atomic mass is 32.2. The van der Waals surface area contributed by atoms with Gasteiger partial charge in [0.2, 0.25) is 0 Å². The van der Waals surface area contributed by atoms with Gasteiger partial charge >= 0.3 is 0 Å². The molecule has 1 saturated heterocycles. The van der Waals surface area contributed by atoms with E-state index >= 15 is 0 Å². The maximum Gasteiger partial charge on any atom is 0.0431 e. The predicted octanol–water partition coefficient (Wildman–Crippen LogP) is 1.24. The monoisotopic (exact) mass is 189 g/mol. The van der Waals surface area contributed by atoms with Crippen molar-refractivity contribution in [1.29, 1.82) is 0 Å². The molecule has 2 atom stereocenters. The molecule has 1 aliphatic heterocycles. The van der Waals surface area contributed by atoms with Crippen molar-refractivity contribution in [3.05, 3.63) is 0 Å². The zero-order valence-electron chi connectivity index (χ0n) is 7.75. The lowest BCUT2D eigenvalue weighted by Gasteiger charge is -2.17. The van der Waals surface area contributed by atoms with Gasteiger partial charge in [-0.3, -0.25) is 0 Å². The predicted molar refractivity (Wildman–Crippen MR) is 54.6 cm³/mol. The van der Waals surface area contributed by atoms with Gasteiger partial charge in [0.25, 0.3) is 0 Å². The second-order valence-electron chi connectivity index (χ2n) is 3.49. The van der Waals surface area contributed by atoms with Gasteiger partial charge in [-0.05, 0) is 31.9 Å². The first kappa shape index (κ1) is 10.4. The Morgan fingerprint density at radius 3 is 3.08 bits per heavy atom. The van der Waals surface area contributed by atoms with Crippen LogP contribution in [0.15, 0.2) is 0 Å². The summed E-state index contributed by atoms with van der Waals surface area (Å²) in [5, 5.41) is 12.2. The van der Waals surface area contributed by atoms with E-state index in [9.17, 15) is 0 Å². The Kier molecular flexibility index (Phi) is 5.04. The van der Waals surface area contributed by atoms with E-state index in [2.05, 4.69) is 12.2 Å². The number of aliphatic hydroxyl groups is 1. The minimum atomic E-state index is 0.325. The molecular weight excluding hydrogens is 170 g/mol. The van der Waals surface area contributed by atoms with Gasteiger partial charge in [-0.2, -0.15) is 11.8 Å². The number of aliphatic hydroxyl groups excluding tert-OH is 1. The molecule has 1 heterocycles. The quantitative estimate of drug-likeness (QED) is 0.682. The Balaban J connectivity index is 2.03. The van der Waals surface area contributed by atoms with Crippen LogP contribution >= 0.6 is 11.8 Å². The summed E-state index contributed by atoms with van der Waals surface area (Å²) in [6.45, 7) is 2.53. The van der Waals surface area contributed by atoms with Crippen molar-refractivity contribution in [2.45, 2.75) is 38.3 Å². The molecule has 3 heteroatoms. The first-order chi connectivity index (χ1) is 5.83. The van der Waals surface area contributed by atoms with Crippen molar-refractivity contribution >= 4 is 11.8 Å². The molecule has 1 rings (SSSR count). The summed E-state index contributed by atoms with van der Waals surface area (Å²) in [7, 11) is 0. The molecule has 0 radical (unpaired) electrons. The molecule has 0 bridgehead atoms. The highest BCUT2D eigenvalue weighted by Crippen LogP contribution is 2.17. The Hall–Kier alpha value is 0.270. The van der Waals surface area contributed by atoms with Gasteiger partial charge in [-0.25, -0.2) is 0 Å². The summed E-state index contributed by atoms with van der Waals surface area (Å²) < 4.78 is 0. The Morgan fingerprint density at radius 1 is 1.67 bits per heavy atom. The largest absolute Gasteiger partial charge is 0.396 e. The molecule has 12 heavy (non-hydrogen) atoms. The molecule has 72 valence electrons. The highest BCUT2D eigenvalue weighted by Gasteiger charge is 2.16. The second-order valence-corrected chi connectivity index (χ2v) is 4.64. The van der Waals surface area contributed by atoms with Crippen LogP contribution in [0.2, 0.25) is 0 Å². The van der Waals surface area contributed by atoms with E-state index in [1.54, 1.807) is 0 Å². The average molecular weight is 189 g/mol. The molecule has 2 nitrogen and oxygen atoms in total. The van der Waals surface area contributed by atoms with Gasteiger partial charge in [0.05, 0.1) is 0 Å². The molecule has 0 unspecified atom stereocenters. The van der Waals surface area contributed by atoms with Crippen molar-refractivity contribution in [2.75, 3.05) is 18.1 Å². The molecule has 0 saturated carbocycles. The van der Waals surface area contributed by atoms with Crippen LogP contribution in [0.3, 0.4) is 0 Å². The number of hydrogen-bond donors (Lipinski definition) is 2. The van der Waals surface area contributed by atoms with Crippen LogP contribution in [-0.4, -0.2) is 35.3 Å². The fourth-order valence-electron chi connectivity index (χ4n) is 1.55. The molecule has 0 amide bonds. The topological polar surface area (TPSA) is 32.3 Å². The van der Waals surface area contributed by atoms with Crippen LogP contribution < -0.4 is 5.32 Å². The van der Waals surface area contributed by atoms with E-state index in [-0.39, 0.29) is 0 Å². The lowest BCUT2D eigenvalue weighted by molar-refractivity contribution is 0.274. The standard InChI is InChI=1S/C9H19NOS/c1-8(3-2-5-11)10-9-4-6-12-7-9/h8-11H,2-7H2,1H3/t8-,9-/m1/s1. The first-order valence-corrected chi connectivity index (χ1v) is 5.93. The summed E-state index contributed by atoms with van der Waals surface area (Å²) in [4.78, 5) is 0. The summed E-state index contributed by atoms with van der Waals surface area (Å²) >= 11 is 2.04. The van der Waals surface area contributed by atoms with Crippen molar-refractivity contribution in [1.82, 2.24) is 5.32 Å². The third kappa shape index (κ3) is 3.78. The fourth-order valence-corrected chi connectivity index (χ4v) is 2.71. The molecule has 1 fully saturated rings. The molecule has 0 aliphatic carbocycles. The van der Waals surface area contributed by atoms with Crippen LogP contribution in [0.25, 0.3) is 0 Å². The second kappa shape index (κ2) is 5.84. The summed E-state index contributed by atoms with van der Waals surface area (Å²) in [6, 6.07) is 1.30. The van der Waals surface area contributed by atoms with E-state index < -0.39 is 0 Å². The van der Waals surface area contributed by atoms with Crippen molar-refractivity contribution in [3.63, 3.8) is 0 Å². The van der Waals surface area contributed by atoms with Crippen LogP contribution in [0.4, 0.5) is 0 Å². The molecule has 0 aromatic carbocycles. The molecule has 0 spiro atoms. The van der Waals surface area contributed by atoms with Crippen LogP contribution in [0, 0.1) is 0 Å². The van der Waals surface area contributed by atoms with Gasteiger partial charge < -0.3 is 10.4 Å². The zero-order valence-corrected chi connectivity index (χ0v) is 8.57. The van der Waals surface area contributed by atoms with E-state index in [4.69, 9.17) is 5.11 Å². The Morgan fingerprint density at radius 2 is 2.50 bits per heavy atom. The van der Waals surface area contributed by atoms with Crippen LogP contribution in [-0.2, 0) is 0 Å². The van der Waals surface area contributed by atoms with E-state index in [1.807, 2.05) is 11.8 Å². The average Bonchev–Trinajstić information content (AvgIpc) is 2.53. The zero-order chi connectivity index (χ0) is 8.81. The third-order valence-electron chi connectivity index (χ3n) is 2.25. The Bertz CT molecular complexity index is 115. The van der Waals surface area contributed by atoms with Gasteiger partial charge in [0.1, 0.15) is 0 Å². The fraction of sp³-hybridized carbons (Fsp3) is 1.00. The normalized spacial score (nSPS) is 26.0. The molecular formula is C9H19NOS. The number of thioether (sulfide) groups is 1. The summed E-state index contributed by atoms with van der Waals surface area (Å²) in [5.74, 6) is 2.58. The molecule has 0 aromatic rings. The minimum absolute atomic E-state index is 0.325. The van der Waals surface area contributed by atoms with Crippen LogP contribution in [0.5, 0.6) is 0 Å². The van der Waals surface area contributed by atoms with Crippen molar-refractivity contribution in [3.8, 4) is 0 Å². The van der Waals surface area contributed by atoms with E-state index in [0.29, 0.717) is 12.6 Å².